The first kappa shape index (κ1) is 23.8. The molecule has 0 fully saturated rings. The fraction of sp³-hybridized carbons (Fsp3) is 0.292. The molecule has 0 radical (unpaired) electrons. The average Bonchev–Trinajstić information content (AvgIpc) is 3.37. The summed E-state index contributed by atoms with van der Waals surface area (Å²) in [4.78, 5) is 27.6. The van der Waals surface area contributed by atoms with Crippen molar-refractivity contribution >= 4 is 51.2 Å². The van der Waals surface area contributed by atoms with E-state index in [-0.39, 0.29) is 24.0 Å². The molecule has 1 aliphatic rings. The number of aromatic amines is 1. The Morgan fingerprint density at radius 1 is 1.29 bits per heavy atom. The van der Waals surface area contributed by atoms with Gasteiger partial charge in [-0.2, -0.15) is 0 Å². The number of fused-ring (bicyclic) bond motifs is 1. The largest absolute Gasteiger partial charge is 0.356 e. The highest BCUT2D eigenvalue weighted by atomic mass is 35.5. The Morgan fingerprint density at radius 3 is 2.68 bits per heavy atom. The van der Waals surface area contributed by atoms with Gasteiger partial charge in [0, 0.05) is 46.4 Å². The second-order valence-corrected chi connectivity index (χ2v) is 9.75. The number of amidine groups is 2. The highest BCUT2D eigenvalue weighted by molar-refractivity contribution is 7.17. The monoisotopic (exact) mass is 495 g/mol. The number of carbonyl (C=O) groups is 1. The molecule has 176 valence electrons. The van der Waals surface area contributed by atoms with E-state index in [1.165, 1.54) is 11.3 Å². The third-order valence-electron chi connectivity index (χ3n) is 5.72. The molecule has 3 aromatic rings. The van der Waals surface area contributed by atoms with Gasteiger partial charge in [-0.05, 0) is 38.5 Å². The molecular formula is C24H26ClN7OS. The zero-order valence-corrected chi connectivity index (χ0v) is 20.8. The van der Waals surface area contributed by atoms with E-state index in [0.717, 1.165) is 32.4 Å². The molecular weight excluding hydrogens is 470 g/mol. The number of thiophene rings is 1. The Hall–Kier alpha value is -3.30. The van der Waals surface area contributed by atoms with Crippen LogP contribution in [0.15, 0.2) is 41.7 Å². The maximum absolute atomic E-state index is 12.8. The Kier molecular flexibility index (Phi) is 6.95. The van der Waals surface area contributed by atoms with Crippen LogP contribution in [0.4, 0.5) is 5.00 Å². The van der Waals surface area contributed by atoms with Crippen molar-refractivity contribution in [1.82, 2.24) is 15.3 Å². The second-order valence-electron chi connectivity index (χ2n) is 8.11. The molecule has 1 atom stereocenters. The number of H-pyrrole nitrogens is 1. The Labute approximate surface area is 207 Å². The van der Waals surface area contributed by atoms with Crippen LogP contribution < -0.4 is 10.2 Å². The van der Waals surface area contributed by atoms with Crippen LogP contribution >= 0.6 is 22.9 Å². The summed E-state index contributed by atoms with van der Waals surface area (Å²) in [6.45, 7) is 6.13. The molecule has 3 heterocycles. The van der Waals surface area contributed by atoms with Crippen molar-refractivity contribution in [1.29, 1.82) is 10.8 Å². The minimum absolute atomic E-state index is 0.00479. The first-order valence-electron chi connectivity index (χ1n) is 10.9. The number of amides is 1. The lowest BCUT2D eigenvalue weighted by Crippen LogP contribution is -2.42. The van der Waals surface area contributed by atoms with Crippen LogP contribution in [0.5, 0.6) is 0 Å². The number of benzene rings is 1. The summed E-state index contributed by atoms with van der Waals surface area (Å²) in [5, 5.41) is 21.6. The zero-order valence-electron chi connectivity index (χ0n) is 19.2. The standard InChI is InChI=1S/C24H26ClN7OS/c1-13-14(2)34-24-21(13)22(16-4-6-17(25)7-5-16)31-18(23(27)32(24)15(3)26)12-20(33)30-9-8-19-28-10-11-29-19/h4-7,10-11,18,26-27H,8-9,12H2,1-3H3,(H,28,29)(H,30,33). The van der Waals surface area contributed by atoms with Gasteiger partial charge in [-0.3, -0.25) is 25.5 Å². The minimum Gasteiger partial charge on any atom is -0.356 e. The predicted molar refractivity (Wildman–Crippen MR) is 138 cm³/mol. The fourth-order valence-corrected chi connectivity index (χ4v) is 5.24. The number of hydrogen-bond donors (Lipinski definition) is 4. The molecule has 34 heavy (non-hydrogen) atoms. The summed E-state index contributed by atoms with van der Waals surface area (Å²) in [5.41, 5.74) is 3.50. The van der Waals surface area contributed by atoms with Gasteiger partial charge in [0.05, 0.1) is 12.1 Å². The van der Waals surface area contributed by atoms with Crippen molar-refractivity contribution in [2.24, 2.45) is 4.99 Å². The second kappa shape index (κ2) is 9.90. The maximum Gasteiger partial charge on any atom is 0.222 e. The van der Waals surface area contributed by atoms with Gasteiger partial charge >= 0.3 is 0 Å². The number of nitrogens with one attached hydrogen (secondary N) is 4. The van der Waals surface area contributed by atoms with Crippen molar-refractivity contribution in [3.05, 3.63) is 69.1 Å². The minimum atomic E-state index is -0.742. The molecule has 0 aliphatic carbocycles. The SMILES string of the molecule is CC(=N)N1C(=N)C(CC(=O)NCCc2ncc[nH]2)N=C(c2ccc(Cl)cc2)c2c1sc(C)c2C. The predicted octanol–water partition coefficient (Wildman–Crippen LogP) is 4.49. The molecule has 10 heteroatoms. The molecule has 1 aromatic carbocycles. The van der Waals surface area contributed by atoms with Gasteiger partial charge in [0.1, 0.15) is 28.5 Å². The number of aromatic nitrogens is 2. The first-order valence-corrected chi connectivity index (χ1v) is 12.1. The van der Waals surface area contributed by atoms with Gasteiger partial charge in [0.25, 0.3) is 0 Å². The number of halogens is 1. The zero-order chi connectivity index (χ0) is 24.4. The van der Waals surface area contributed by atoms with Crippen molar-refractivity contribution in [2.75, 3.05) is 11.4 Å². The van der Waals surface area contributed by atoms with E-state index in [2.05, 4.69) is 15.3 Å². The number of carbonyl (C=O) groups excluding carboxylic acids is 1. The van der Waals surface area contributed by atoms with Crippen molar-refractivity contribution in [3.8, 4) is 0 Å². The summed E-state index contributed by atoms with van der Waals surface area (Å²) in [5.74, 6) is 0.913. The first-order chi connectivity index (χ1) is 16.3. The Bertz CT molecular complexity index is 1260. The highest BCUT2D eigenvalue weighted by Crippen LogP contribution is 2.40. The van der Waals surface area contributed by atoms with E-state index < -0.39 is 6.04 Å². The normalized spacial score (nSPS) is 15.5. The number of imidazole rings is 1. The average molecular weight is 496 g/mol. The van der Waals surface area contributed by atoms with E-state index in [1.54, 1.807) is 36.4 Å². The van der Waals surface area contributed by atoms with Crippen molar-refractivity contribution in [2.45, 2.75) is 39.7 Å². The number of anilines is 1. The van der Waals surface area contributed by atoms with Crippen LogP contribution in [0.1, 0.15) is 40.7 Å². The van der Waals surface area contributed by atoms with Crippen molar-refractivity contribution < 1.29 is 4.79 Å². The van der Waals surface area contributed by atoms with Gasteiger partial charge in [-0.1, -0.05) is 23.7 Å². The lowest BCUT2D eigenvalue weighted by Gasteiger charge is -2.24. The molecule has 1 unspecified atom stereocenters. The summed E-state index contributed by atoms with van der Waals surface area (Å²) in [6, 6.07) is 6.66. The molecule has 0 saturated carbocycles. The topological polar surface area (TPSA) is 121 Å². The summed E-state index contributed by atoms with van der Waals surface area (Å²) in [6.07, 6.45) is 4.01. The molecule has 0 spiro atoms. The number of aliphatic imine (C=N–C) groups is 1. The Morgan fingerprint density at radius 2 is 2.03 bits per heavy atom. The fourth-order valence-electron chi connectivity index (χ4n) is 3.89. The third kappa shape index (κ3) is 4.80. The van der Waals surface area contributed by atoms with Gasteiger partial charge < -0.3 is 10.3 Å². The van der Waals surface area contributed by atoms with Crippen LogP contribution in [0.3, 0.4) is 0 Å². The lowest BCUT2D eigenvalue weighted by molar-refractivity contribution is -0.121. The van der Waals surface area contributed by atoms with Crippen LogP contribution in [0.2, 0.25) is 5.02 Å². The van der Waals surface area contributed by atoms with Crippen LogP contribution in [-0.4, -0.2) is 45.8 Å². The molecule has 4 N–H and O–H groups in total. The number of aryl methyl sites for hydroxylation is 1. The lowest BCUT2D eigenvalue weighted by atomic mass is 9.99. The van der Waals surface area contributed by atoms with Gasteiger partial charge in [0.2, 0.25) is 5.91 Å². The van der Waals surface area contributed by atoms with E-state index in [1.807, 2.05) is 26.0 Å². The molecule has 0 saturated heterocycles. The molecule has 0 bridgehead atoms. The number of nitrogens with zero attached hydrogens (tertiary/aromatic N) is 3. The van der Waals surface area contributed by atoms with Gasteiger partial charge in [0.15, 0.2) is 0 Å². The molecule has 1 amide bonds. The van der Waals surface area contributed by atoms with Crippen LogP contribution in [-0.2, 0) is 11.2 Å². The maximum atomic E-state index is 12.8. The number of rotatable bonds is 6. The number of hydrogen-bond acceptors (Lipinski definition) is 6. The van der Waals surface area contributed by atoms with E-state index in [9.17, 15) is 4.79 Å². The van der Waals surface area contributed by atoms with Crippen molar-refractivity contribution in [3.63, 3.8) is 0 Å². The molecule has 2 aromatic heterocycles. The van der Waals surface area contributed by atoms with Gasteiger partial charge in [-0.25, -0.2) is 4.98 Å². The molecule has 1 aliphatic heterocycles. The summed E-state index contributed by atoms with van der Waals surface area (Å²) >= 11 is 7.65. The summed E-state index contributed by atoms with van der Waals surface area (Å²) < 4.78 is 0. The van der Waals surface area contributed by atoms with E-state index in [4.69, 9.17) is 27.4 Å². The Balaban J connectivity index is 1.69. The highest BCUT2D eigenvalue weighted by Gasteiger charge is 2.34. The van der Waals surface area contributed by atoms with Crippen LogP contribution in [0.25, 0.3) is 0 Å². The third-order valence-corrected chi connectivity index (χ3v) is 7.16. The quantitative estimate of drug-likeness (QED) is 0.297. The smallest absolute Gasteiger partial charge is 0.222 e. The van der Waals surface area contributed by atoms with Crippen LogP contribution in [0, 0.1) is 24.7 Å². The van der Waals surface area contributed by atoms with E-state index in [0.29, 0.717) is 23.7 Å². The molecule has 8 nitrogen and oxygen atoms in total. The summed E-state index contributed by atoms with van der Waals surface area (Å²) in [7, 11) is 0. The van der Waals surface area contributed by atoms with Gasteiger partial charge in [-0.15, -0.1) is 11.3 Å². The van der Waals surface area contributed by atoms with E-state index >= 15 is 0 Å². The molecule has 4 rings (SSSR count).